The summed E-state index contributed by atoms with van der Waals surface area (Å²) in [7, 11) is 0. The Morgan fingerprint density at radius 1 is 1.11 bits per heavy atom. The van der Waals surface area contributed by atoms with E-state index in [1.807, 2.05) is 4.90 Å². The molecule has 0 unspecified atom stereocenters. The van der Waals surface area contributed by atoms with Gasteiger partial charge in [0, 0.05) is 38.3 Å². The Kier molecular flexibility index (Phi) is 5.41. The highest BCUT2D eigenvalue weighted by Gasteiger charge is 2.47. The summed E-state index contributed by atoms with van der Waals surface area (Å²) in [5, 5.41) is 4.23. The van der Waals surface area contributed by atoms with Crippen molar-refractivity contribution in [1.29, 1.82) is 0 Å². The SMILES string of the molecule is Nc1nc(N2CCC3(CC2)Cc2cc(C(F)(F)F)ccc2[C@H]3N)cnc1C(=O)N1CCCn2nccc21. The Morgan fingerprint density at radius 3 is 2.62 bits per heavy atom. The van der Waals surface area contributed by atoms with Crippen LogP contribution in [0.25, 0.3) is 0 Å². The summed E-state index contributed by atoms with van der Waals surface area (Å²) >= 11 is 0. The number of amides is 1. The molecule has 3 aromatic rings. The van der Waals surface area contributed by atoms with Crippen LogP contribution in [0.1, 0.15) is 52.5 Å². The molecule has 0 radical (unpaired) electrons. The minimum absolute atomic E-state index is 0.0593. The zero-order valence-electron chi connectivity index (χ0n) is 20.1. The number of hydrogen-bond donors (Lipinski definition) is 2. The standard InChI is InChI=1S/C25H27F3N8O/c26-25(27,28)16-2-3-17-15(12-16)13-24(21(17)29)5-10-34(11-6-24)18-14-31-20(22(30)33-18)23(37)35-8-1-9-36-19(35)4-7-32-36/h2-4,7,12,14,21H,1,5-6,8-11,13,29H2,(H2,30,33)/t21-/m1/s1. The summed E-state index contributed by atoms with van der Waals surface area (Å²) < 4.78 is 41.4. The lowest BCUT2D eigenvalue weighted by Crippen LogP contribution is -2.44. The number of fused-ring (bicyclic) bond motifs is 2. The molecule has 6 rings (SSSR count). The molecule has 1 amide bonds. The lowest BCUT2D eigenvalue weighted by molar-refractivity contribution is -0.137. The first kappa shape index (κ1) is 23.7. The second-order valence-corrected chi connectivity index (χ2v) is 10.1. The number of benzene rings is 1. The molecule has 2 aliphatic heterocycles. The van der Waals surface area contributed by atoms with Gasteiger partial charge in [-0.3, -0.25) is 9.69 Å². The predicted octanol–water partition coefficient (Wildman–Crippen LogP) is 3.17. The van der Waals surface area contributed by atoms with E-state index in [0.717, 1.165) is 24.6 Å². The van der Waals surface area contributed by atoms with Crippen molar-refractivity contribution in [1.82, 2.24) is 19.7 Å². The number of carbonyl (C=O) groups is 1. The molecule has 12 heteroatoms. The van der Waals surface area contributed by atoms with E-state index in [0.29, 0.717) is 56.1 Å². The first-order chi connectivity index (χ1) is 17.7. The number of anilines is 3. The third-order valence-corrected chi connectivity index (χ3v) is 8.05. The van der Waals surface area contributed by atoms with Gasteiger partial charge in [0.15, 0.2) is 11.5 Å². The molecule has 1 atom stereocenters. The molecule has 0 bridgehead atoms. The molecule has 1 aliphatic carbocycles. The van der Waals surface area contributed by atoms with Crippen LogP contribution >= 0.6 is 0 Å². The highest BCUT2D eigenvalue weighted by molar-refractivity contribution is 6.07. The molecular weight excluding hydrogens is 485 g/mol. The van der Waals surface area contributed by atoms with Crippen LogP contribution < -0.4 is 21.3 Å². The lowest BCUT2D eigenvalue weighted by atomic mass is 9.73. The van der Waals surface area contributed by atoms with Crippen LogP contribution in [-0.2, 0) is 19.1 Å². The quantitative estimate of drug-likeness (QED) is 0.541. The van der Waals surface area contributed by atoms with Crippen LogP contribution in [0.2, 0.25) is 0 Å². The number of carbonyl (C=O) groups excluding carboxylic acids is 1. The summed E-state index contributed by atoms with van der Waals surface area (Å²) in [4.78, 5) is 25.7. The van der Waals surface area contributed by atoms with E-state index in [-0.39, 0.29) is 28.9 Å². The van der Waals surface area contributed by atoms with Gasteiger partial charge in [-0.15, -0.1) is 0 Å². The number of aryl methyl sites for hydroxylation is 1. The summed E-state index contributed by atoms with van der Waals surface area (Å²) in [5.74, 6) is 1.02. The second-order valence-electron chi connectivity index (χ2n) is 10.1. The van der Waals surface area contributed by atoms with Gasteiger partial charge in [-0.25, -0.2) is 14.6 Å². The highest BCUT2D eigenvalue weighted by Crippen LogP contribution is 2.51. The number of nitrogen functional groups attached to an aromatic ring is 1. The molecule has 1 spiro atoms. The summed E-state index contributed by atoms with van der Waals surface area (Å²) in [6, 6.07) is 5.36. The van der Waals surface area contributed by atoms with Crippen molar-refractivity contribution in [3.63, 3.8) is 0 Å². The van der Waals surface area contributed by atoms with E-state index in [4.69, 9.17) is 11.5 Å². The Bertz CT molecular complexity index is 1360. The van der Waals surface area contributed by atoms with E-state index >= 15 is 0 Å². The van der Waals surface area contributed by atoms with Gasteiger partial charge in [0.25, 0.3) is 5.91 Å². The fourth-order valence-corrected chi connectivity index (χ4v) is 5.99. The topological polar surface area (TPSA) is 119 Å². The number of aromatic nitrogens is 4. The van der Waals surface area contributed by atoms with E-state index in [2.05, 4.69) is 15.1 Å². The van der Waals surface area contributed by atoms with Gasteiger partial charge in [0.2, 0.25) is 0 Å². The molecule has 1 fully saturated rings. The van der Waals surface area contributed by atoms with Gasteiger partial charge >= 0.3 is 6.18 Å². The first-order valence-electron chi connectivity index (χ1n) is 12.3. The van der Waals surface area contributed by atoms with Gasteiger partial charge < -0.3 is 16.4 Å². The molecule has 1 saturated heterocycles. The first-order valence-corrected chi connectivity index (χ1v) is 12.3. The van der Waals surface area contributed by atoms with Gasteiger partial charge in [0.05, 0.1) is 18.0 Å². The van der Waals surface area contributed by atoms with Gasteiger partial charge in [-0.05, 0) is 54.4 Å². The second kappa shape index (κ2) is 8.44. The third kappa shape index (κ3) is 3.90. The summed E-state index contributed by atoms with van der Waals surface area (Å²) in [5.41, 5.74) is 13.4. The Hall–Kier alpha value is -3.67. The highest BCUT2D eigenvalue weighted by atomic mass is 19.4. The van der Waals surface area contributed by atoms with Crippen molar-refractivity contribution in [3.05, 3.63) is 59.0 Å². The normalized spacial score (nSPS) is 20.7. The van der Waals surface area contributed by atoms with E-state index in [1.165, 1.54) is 12.1 Å². The molecule has 1 aromatic carbocycles. The molecular formula is C25H27F3N8O. The molecule has 3 aliphatic rings. The van der Waals surface area contributed by atoms with Crippen LogP contribution in [0.15, 0.2) is 36.7 Å². The van der Waals surface area contributed by atoms with Crippen molar-refractivity contribution < 1.29 is 18.0 Å². The van der Waals surface area contributed by atoms with Crippen molar-refractivity contribution >= 4 is 23.4 Å². The largest absolute Gasteiger partial charge is 0.416 e. The lowest BCUT2D eigenvalue weighted by Gasteiger charge is -2.42. The van der Waals surface area contributed by atoms with Gasteiger partial charge in [0.1, 0.15) is 11.6 Å². The molecule has 4 N–H and O–H groups in total. The van der Waals surface area contributed by atoms with Gasteiger partial charge in [-0.2, -0.15) is 18.3 Å². The predicted molar refractivity (Wildman–Crippen MR) is 131 cm³/mol. The third-order valence-electron chi connectivity index (χ3n) is 8.05. The van der Waals surface area contributed by atoms with Crippen molar-refractivity contribution in [2.45, 2.75) is 44.4 Å². The van der Waals surface area contributed by atoms with Crippen LogP contribution in [0.4, 0.5) is 30.6 Å². The van der Waals surface area contributed by atoms with Crippen LogP contribution in [0.5, 0.6) is 0 Å². The Morgan fingerprint density at radius 2 is 1.89 bits per heavy atom. The molecule has 4 heterocycles. The maximum atomic E-state index is 13.2. The monoisotopic (exact) mass is 512 g/mol. The maximum absolute atomic E-state index is 13.2. The number of nitrogens with two attached hydrogens (primary N) is 2. The number of hydrogen-bond acceptors (Lipinski definition) is 7. The fourth-order valence-electron chi connectivity index (χ4n) is 5.99. The summed E-state index contributed by atoms with van der Waals surface area (Å²) in [6.45, 7) is 2.52. The van der Waals surface area contributed by atoms with E-state index in [1.54, 1.807) is 28.0 Å². The summed E-state index contributed by atoms with van der Waals surface area (Å²) in [6.07, 6.45) is 1.54. The Balaban J connectivity index is 1.16. The maximum Gasteiger partial charge on any atom is 0.416 e. The number of alkyl halides is 3. The smallest absolute Gasteiger partial charge is 0.382 e. The average molecular weight is 513 g/mol. The number of piperidine rings is 1. The molecule has 194 valence electrons. The average Bonchev–Trinajstić information content (AvgIpc) is 3.46. The molecule has 0 saturated carbocycles. The van der Waals surface area contributed by atoms with Crippen molar-refractivity contribution in [2.75, 3.05) is 35.2 Å². The number of rotatable bonds is 2. The van der Waals surface area contributed by atoms with Crippen LogP contribution in [0, 0.1) is 5.41 Å². The number of halogens is 3. The Labute approximate surface area is 211 Å². The van der Waals surface area contributed by atoms with Crippen molar-refractivity contribution in [3.8, 4) is 0 Å². The number of nitrogens with zero attached hydrogens (tertiary/aromatic N) is 6. The van der Waals surface area contributed by atoms with Crippen LogP contribution in [0.3, 0.4) is 0 Å². The molecule has 37 heavy (non-hydrogen) atoms. The van der Waals surface area contributed by atoms with Crippen molar-refractivity contribution in [2.24, 2.45) is 11.1 Å². The molecule has 9 nitrogen and oxygen atoms in total. The minimum atomic E-state index is -4.38. The fraction of sp³-hybridized carbons (Fsp3) is 0.440. The minimum Gasteiger partial charge on any atom is -0.382 e. The zero-order chi connectivity index (χ0) is 25.9. The zero-order valence-corrected chi connectivity index (χ0v) is 20.1. The van der Waals surface area contributed by atoms with Gasteiger partial charge in [-0.1, -0.05) is 6.07 Å². The van der Waals surface area contributed by atoms with E-state index in [9.17, 15) is 18.0 Å². The van der Waals surface area contributed by atoms with Crippen LogP contribution in [-0.4, -0.2) is 45.3 Å². The molecule has 2 aromatic heterocycles. The van der Waals surface area contributed by atoms with E-state index < -0.39 is 11.7 Å².